The summed E-state index contributed by atoms with van der Waals surface area (Å²) in [6, 6.07) is 0. The van der Waals surface area contributed by atoms with E-state index in [1.807, 2.05) is 0 Å². The Bertz CT molecular complexity index is 787. The number of hydrogen-bond donors (Lipinski definition) is 1. The second kappa shape index (κ2) is 6.21. The number of quaternary nitrogens is 1. The molecular formula is C14H24N5O2S+. The van der Waals surface area contributed by atoms with Crippen LogP contribution in [0.25, 0.3) is 10.3 Å². The number of nitrogen functional groups attached to an aromatic ring is 1. The van der Waals surface area contributed by atoms with E-state index in [0.717, 1.165) is 35.3 Å². The van der Waals surface area contributed by atoms with Crippen molar-refractivity contribution < 1.29 is 4.48 Å². The molecule has 0 radical (unpaired) electrons. The molecule has 0 unspecified atom stereocenters. The number of hydrogen-bond acceptors (Lipinski definition) is 5. The summed E-state index contributed by atoms with van der Waals surface area (Å²) in [5.41, 5.74) is 5.56. The first kappa shape index (κ1) is 16.7. The fourth-order valence-corrected chi connectivity index (χ4v) is 3.45. The Morgan fingerprint density at radius 2 is 1.86 bits per heavy atom. The van der Waals surface area contributed by atoms with Gasteiger partial charge in [-0.15, -0.1) is 0 Å². The summed E-state index contributed by atoms with van der Waals surface area (Å²) in [5.74, 6) is 0. The van der Waals surface area contributed by atoms with Crippen LogP contribution >= 0.6 is 11.3 Å². The number of thiazole rings is 1. The zero-order chi connectivity index (χ0) is 16.5. The summed E-state index contributed by atoms with van der Waals surface area (Å²) >= 11 is 1.14. The summed E-state index contributed by atoms with van der Waals surface area (Å²) in [6.45, 7) is 6.63. The molecule has 22 heavy (non-hydrogen) atoms. The van der Waals surface area contributed by atoms with Gasteiger partial charge < -0.3 is 10.2 Å². The van der Waals surface area contributed by atoms with E-state index in [1.165, 1.54) is 4.57 Å². The highest BCUT2D eigenvalue weighted by Gasteiger charge is 2.19. The van der Waals surface area contributed by atoms with E-state index in [9.17, 15) is 9.59 Å². The molecule has 0 aromatic carbocycles. The van der Waals surface area contributed by atoms with Gasteiger partial charge in [-0.2, -0.15) is 0 Å². The van der Waals surface area contributed by atoms with E-state index in [4.69, 9.17) is 5.73 Å². The van der Waals surface area contributed by atoms with Crippen LogP contribution in [0, 0.1) is 0 Å². The first-order chi connectivity index (χ1) is 10.3. The minimum absolute atomic E-state index is 0.296. The summed E-state index contributed by atoms with van der Waals surface area (Å²) in [4.78, 5) is 29.1. The van der Waals surface area contributed by atoms with Crippen LogP contribution in [-0.4, -0.2) is 45.8 Å². The maximum Gasteiger partial charge on any atom is 0.332 e. The molecule has 2 N–H and O–H groups in total. The van der Waals surface area contributed by atoms with Crippen molar-refractivity contribution in [3.05, 3.63) is 20.8 Å². The van der Waals surface area contributed by atoms with Crippen LogP contribution in [0.1, 0.15) is 20.3 Å². The SMILES string of the molecule is CCC[N+](C)(C)CCn1c(=O)n(CC)c(=O)c2sc(N)nc21. The van der Waals surface area contributed by atoms with E-state index in [0.29, 0.717) is 28.6 Å². The normalized spacial score (nSPS) is 12.2. The fraction of sp³-hybridized carbons (Fsp3) is 0.643. The Labute approximate surface area is 133 Å². The minimum atomic E-state index is -0.304. The molecule has 0 aliphatic heterocycles. The van der Waals surface area contributed by atoms with Gasteiger partial charge >= 0.3 is 5.69 Å². The Hall–Kier alpha value is -1.67. The van der Waals surface area contributed by atoms with Crippen molar-refractivity contribution in [2.45, 2.75) is 33.4 Å². The van der Waals surface area contributed by atoms with Gasteiger partial charge in [0.25, 0.3) is 5.56 Å². The lowest BCUT2D eigenvalue weighted by Gasteiger charge is -2.29. The maximum atomic E-state index is 12.6. The number of anilines is 1. The van der Waals surface area contributed by atoms with E-state index < -0.39 is 0 Å². The summed E-state index contributed by atoms with van der Waals surface area (Å²) in [5, 5.41) is 0.316. The largest absolute Gasteiger partial charge is 0.375 e. The standard InChI is InChI=1S/C14H23N5O2S/c1-5-8-19(3,4)9-7-18-11-10(22-13(15)16-11)12(20)17(6-2)14(18)21/h5-9H2,1-4H3,(H-,15,16,20)/p+1. The molecule has 0 fully saturated rings. The molecule has 2 heterocycles. The van der Waals surface area contributed by atoms with Gasteiger partial charge in [-0.1, -0.05) is 18.3 Å². The third kappa shape index (κ3) is 3.07. The van der Waals surface area contributed by atoms with Crippen LogP contribution in [0.15, 0.2) is 9.59 Å². The lowest BCUT2D eigenvalue weighted by molar-refractivity contribution is -0.890. The van der Waals surface area contributed by atoms with Crippen LogP contribution in [0.3, 0.4) is 0 Å². The lowest BCUT2D eigenvalue weighted by atomic mass is 10.3. The average molecular weight is 326 g/mol. The predicted molar refractivity (Wildman–Crippen MR) is 90.4 cm³/mol. The second-order valence-corrected chi connectivity index (χ2v) is 7.10. The molecule has 8 heteroatoms. The second-order valence-electron chi connectivity index (χ2n) is 6.07. The Balaban J connectivity index is 2.53. The van der Waals surface area contributed by atoms with Crippen molar-refractivity contribution in [3.63, 3.8) is 0 Å². The molecule has 0 aliphatic rings. The highest BCUT2D eigenvalue weighted by Crippen LogP contribution is 2.19. The Morgan fingerprint density at radius 1 is 1.18 bits per heavy atom. The smallest absolute Gasteiger partial charge is 0.332 e. The third-order valence-electron chi connectivity index (χ3n) is 3.86. The molecule has 0 saturated carbocycles. The van der Waals surface area contributed by atoms with Gasteiger partial charge in [-0.05, 0) is 13.3 Å². The number of nitrogens with two attached hydrogens (primary N) is 1. The highest BCUT2D eigenvalue weighted by atomic mass is 32.1. The van der Waals surface area contributed by atoms with E-state index in [2.05, 4.69) is 26.0 Å². The summed E-state index contributed by atoms with van der Waals surface area (Å²) < 4.78 is 4.11. The molecule has 0 spiro atoms. The van der Waals surface area contributed by atoms with E-state index in [-0.39, 0.29) is 11.2 Å². The number of likely N-dealkylation sites (N-methyl/N-ethyl adjacent to an activating group) is 1. The monoisotopic (exact) mass is 326 g/mol. The molecule has 0 amide bonds. The third-order valence-corrected chi connectivity index (χ3v) is 4.72. The van der Waals surface area contributed by atoms with Crippen molar-refractivity contribution in [1.82, 2.24) is 14.1 Å². The lowest BCUT2D eigenvalue weighted by Crippen LogP contribution is -2.46. The topological polar surface area (TPSA) is 82.9 Å². The number of rotatable bonds is 6. The van der Waals surface area contributed by atoms with Crippen LogP contribution in [0.4, 0.5) is 5.13 Å². The molecule has 0 saturated heterocycles. The van der Waals surface area contributed by atoms with Crippen molar-refractivity contribution in [3.8, 4) is 0 Å². The van der Waals surface area contributed by atoms with Gasteiger partial charge in [-0.3, -0.25) is 13.9 Å². The predicted octanol–water partition coefficient (Wildman–Crippen LogP) is 0.708. The molecule has 0 atom stereocenters. The fourth-order valence-electron chi connectivity index (χ4n) is 2.66. The first-order valence-corrected chi connectivity index (χ1v) is 8.34. The molecule has 122 valence electrons. The molecule has 2 aromatic heterocycles. The van der Waals surface area contributed by atoms with Crippen LogP contribution in [0.5, 0.6) is 0 Å². The van der Waals surface area contributed by atoms with Crippen LogP contribution in [-0.2, 0) is 13.1 Å². The van der Waals surface area contributed by atoms with Crippen molar-refractivity contribution >= 4 is 26.8 Å². The van der Waals surface area contributed by atoms with E-state index >= 15 is 0 Å². The van der Waals surface area contributed by atoms with Crippen LogP contribution in [0.2, 0.25) is 0 Å². The van der Waals surface area contributed by atoms with Gasteiger partial charge in [0.05, 0.1) is 33.7 Å². The molecule has 0 bridgehead atoms. The molecule has 0 aliphatic carbocycles. The quantitative estimate of drug-likeness (QED) is 0.793. The van der Waals surface area contributed by atoms with Gasteiger partial charge in [0, 0.05) is 6.54 Å². The highest BCUT2D eigenvalue weighted by molar-refractivity contribution is 7.21. The minimum Gasteiger partial charge on any atom is -0.375 e. The number of nitrogens with zero attached hydrogens (tertiary/aromatic N) is 4. The van der Waals surface area contributed by atoms with Gasteiger partial charge in [0.2, 0.25) is 0 Å². The average Bonchev–Trinajstić information content (AvgIpc) is 2.81. The van der Waals surface area contributed by atoms with E-state index in [1.54, 1.807) is 11.5 Å². The zero-order valence-corrected chi connectivity index (χ0v) is 14.4. The maximum absolute atomic E-state index is 12.6. The Morgan fingerprint density at radius 3 is 2.45 bits per heavy atom. The van der Waals surface area contributed by atoms with Gasteiger partial charge in [-0.25, -0.2) is 9.78 Å². The van der Waals surface area contributed by atoms with Crippen LogP contribution < -0.4 is 17.0 Å². The van der Waals surface area contributed by atoms with Gasteiger partial charge in [0.1, 0.15) is 4.70 Å². The van der Waals surface area contributed by atoms with Crippen molar-refractivity contribution in [2.24, 2.45) is 0 Å². The summed E-state index contributed by atoms with van der Waals surface area (Å²) in [7, 11) is 4.27. The number of aromatic nitrogens is 3. The zero-order valence-electron chi connectivity index (χ0n) is 13.6. The summed E-state index contributed by atoms with van der Waals surface area (Å²) in [6.07, 6.45) is 1.08. The molecule has 2 aromatic rings. The molecule has 7 nitrogen and oxygen atoms in total. The first-order valence-electron chi connectivity index (χ1n) is 7.52. The van der Waals surface area contributed by atoms with Crippen molar-refractivity contribution in [2.75, 3.05) is 32.9 Å². The number of fused-ring (bicyclic) bond motifs is 1. The Kier molecular flexibility index (Phi) is 4.72. The molecule has 2 rings (SSSR count). The molecular weight excluding hydrogens is 302 g/mol. The van der Waals surface area contributed by atoms with Crippen molar-refractivity contribution in [1.29, 1.82) is 0 Å². The van der Waals surface area contributed by atoms with Gasteiger partial charge in [0.15, 0.2) is 10.8 Å².